The third-order valence-electron chi connectivity index (χ3n) is 11.9. The minimum Gasteiger partial charge on any atom is -0.387 e. The Morgan fingerprint density at radius 2 is 1.82 bits per heavy atom. The number of carbonyl (C=O) groups is 5. The number of hydrogen-bond acceptors (Lipinski definition) is 14. The number of benzene rings is 1. The number of rotatable bonds is 12. The molecule has 60 heavy (non-hydrogen) atoms. The Labute approximate surface area is 347 Å². The smallest absolute Gasteiger partial charge is 0.264 e. The van der Waals surface area contributed by atoms with E-state index in [9.17, 15) is 29.2 Å². The summed E-state index contributed by atoms with van der Waals surface area (Å²) in [7, 11) is 1.86. The van der Waals surface area contributed by atoms with Crippen molar-refractivity contribution in [2.45, 2.75) is 75.5 Å². The van der Waals surface area contributed by atoms with Gasteiger partial charge in [-0.05, 0) is 81.3 Å². The lowest BCUT2D eigenvalue weighted by Crippen LogP contribution is -2.54. The van der Waals surface area contributed by atoms with Crippen molar-refractivity contribution in [1.82, 2.24) is 40.3 Å². The van der Waals surface area contributed by atoms with Gasteiger partial charge in [0.05, 0.1) is 58.1 Å². The van der Waals surface area contributed by atoms with E-state index >= 15 is 0 Å². The predicted octanol–water partition coefficient (Wildman–Crippen LogP) is 4.28. The van der Waals surface area contributed by atoms with Gasteiger partial charge in [0.1, 0.15) is 17.1 Å². The average molecular weight is 828 g/mol. The molecule has 5 aromatic rings. The first kappa shape index (κ1) is 38.9. The number of carbonyl (C=O) groups excluding carboxylic acids is 5. The van der Waals surface area contributed by atoms with Crippen LogP contribution in [0.3, 0.4) is 0 Å². The Morgan fingerprint density at radius 1 is 0.983 bits per heavy atom. The van der Waals surface area contributed by atoms with Gasteiger partial charge in [-0.1, -0.05) is 17.4 Å². The van der Waals surface area contributed by atoms with Gasteiger partial charge in [0.25, 0.3) is 11.8 Å². The van der Waals surface area contributed by atoms with Crippen LogP contribution < -0.4 is 21.3 Å². The van der Waals surface area contributed by atoms with Crippen LogP contribution in [-0.2, 0) is 19.1 Å². The zero-order valence-electron chi connectivity index (χ0n) is 32.6. The highest BCUT2D eigenvalue weighted by atomic mass is 32.1. The van der Waals surface area contributed by atoms with Gasteiger partial charge in [0.2, 0.25) is 17.7 Å². The van der Waals surface area contributed by atoms with Crippen molar-refractivity contribution in [1.29, 1.82) is 5.26 Å². The van der Waals surface area contributed by atoms with E-state index in [-0.39, 0.29) is 53.9 Å². The summed E-state index contributed by atoms with van der Waals surface area (Å²) in [5.74, 6) is -1.97. The van der Waals surface area contributed by atoms with E-state index < -0.39 is 29.7 Å². The van der Waals surface area contributed by atoms with Crippen LogP contribution in [-0.4, -0.2) is 97.6 Å². The number of fused-ring (bicyclic) bond motifs is 2. The summed E-state index contributed by atoms with van der Waals surface area (Å²) >= 11 is 1.57. The number of anilines is 2. The summed E-state index contributed by atoms with van der Waals surface area (Å²) in [6, 6.07) is 13.7. The topological polar surface area (TPSA) is 226 Å². The van der Waals surface area contributed by atoms with Crippen LogP contribution in [0.15, 0.2) is 54.9 Å². The van der Waals surface area contributed by atoms with Crippen molar-refractivity contribution < 1.29 is 28.7 Å². The summed E-state index contributed by atoms with van der Waals surface area (Å²) in [6.07, 6.45) is 8.24. The zero-order chi connectivity index (χ0) is 41.5. The second-order valence-electron chi connectivity index (χ2n) is 15.5. The van der Waals surface area contributed by atoms with E-state index in [1.807, 2.05) is 25.2 Å². The van der Waals surface area contributed by atoms with Crippen LogP contribution in [0.1, 0.15) is 88.6 Å². The lowest BCUT2D eigenvalue weighted by atomic mass is 9.80. The summed E-state index contributed by atoms with van der Waals surface area (Å²) in [6.45, 7) is 0.713. The van der Waals surface area contributed by atoms with Gasteiger partial charge in [-0.25, -0.2) is 4.52 Å². The number of amides is 5. The number of imide groups is 2. The van der Waals surface area contributed by atoms with Crippen LogP contribution >= 0.6 is 11.3 Å². The maximum Gasteiger partial charge on any atom is 0.264 e. The molecule has 1 unspecified atom stereocenters. The summed E-state index contributed by atoms with van der Waals surface area (Å²) in [5, 5.41) is 36.5. The first-order chi connectivity index (χ1) is 29.2. The predicted molar refractivity (Wildman–Crippen MR) is 219 cm³/mol. The van der Waals surface area contributed by atoms with E-state index in [1.54, 1.807) is 46.3 Å². The van der Waals surface area contributed by atoms with E-state index in [4.69, 9.17) is 9.72 Å². The molecule has 1 atom stereocenters. The lowest BCUT2D eigenvalue weighted by Gasteiger charge is -2.36. The number of ether oxygens (including phenoxy) is 1. The van der Waals surface area contributed by atoms with Crippen LogP contribution in [0.25, 0.3) is 27.5 Å². The van der Waals surface area contributed by atoms with Gasteiger partial charge in [-0.2, -0.15) is 10.4 Å². The van der Waals surface area contributed by atoms with Crippen molar-refractivity contribution >= 4 is 57.8 Å². The molecule has 0 spiro atoms. The van der Waals surface area contributed by atoms with Crippen LogP contribution in [0.4, 0.5) is 11.4 Å². The second kappa shape index (κ2) is 16.2. The second-order valence-corrected chi connectivity index (χ2v) is 16.6. The standard InChI is InChI=1S/C42H41N11O6S/c1-44-31-18-32(33-10-9-26-15-22(19-43)20-47-53(26)33)46-21-29(31)40-51-50-39(60-40)23-5-7-25(8-6-23)48-37(55)24-16-27(17-24)59-14-13-45-30-4-2-3-28-36(30)42(58)52(41(28)57)34-11-12-35(54)49-38(34)56/h2-4,9-10,15,18,20-21,23-25,27,34,45H,5-8,11-14,16-17H2,1H3,(H,44,46)(H,48,55)(H,49,54,56)/t23-,24-,25-,27+,34?. The number of nitrogens with one attached hydrogen (secondary N) is 4. The Hall–Kier alpha value is -6.58. The summed E-state index contributed by atoms with van der Waals surface area (Å²) in [5.41, 5.74) is 5.47. The molecule has 1 saturated heterocycles. The monoisotopic (exact) mass is 827 g/mol. The number of pyridine rings is 1. The molecule has 18 heteroatoms. The molecule has 4 aromatic heterocycles. The quantitative estimate of drug-likeness (QED) is 0.102. The van der Waals surface area contributed by atoms with Crippen LogP contribution in [0.2, 0.25) is 0 Å². The Bertz CT molecular complexity index is 2590. The first-order valence-corrected chi connectivity index (χ1v) is 20.9. The molecule has 2 saturated carbocycles. The summed E-state index contributed by atoms with van der Waals surface area (Å²) < 4.78 is 7.78. The minimum atomic E-state index is -1.03. The third-order valence-corrected chi connectivity index (χ3v) is 13.0. The fourth-order valence-corrected chi connectivity index (χ4v) is 9.56. The average Bonchev–Trinajstić information content (AvgIpc) is 3.97. The summed E-state index contributed by atoms with van der Waals surface area (Å²) in [4.78, 5) is 69.3. The van der Waals surface area contributed by atoms with E-state index in [0.717, 1.165) is 68.8 Å². The number of aromatic nitrogens is 5. The fourth-order valence-electron chi connectivity index (χ4n) is 8.53. The third kappa shape index (κ3) is 7.34. The highest BCUT2D eigenvalue weighted by Gasteiger charge is 2.45. The molecule has 0 radical (unpaired) electrons. The molecule has 6 heterocycles. The Balaban J connectivity index is 0.715. The van der Waals surface area contributed by atoms with E-state index in [1.165, 1.54) is 6.20 Å². The van der Waals surface area contributed by atoms with Gasteiger partial charge in [-0.3, -0.25) is 39.2 Å². The molecule has 3 fully saturated rings. The fraction of sp³-hybridized carbons (Fsp3) is 0.381. The number of piperidine rings is 1. The zero-order valence-corrected chi connectivity index (χ0v) is 33.5. The molecular weight excluding hydrogens is 787 g/mol. The van der Waals surface area contributed by atoms with Gasteiger partial charge in [-0.15, -0.1) is 10.2 Å². The number of nitrogens with zero attached hydrogens (tertiary/aromatic N) is 7. The van der Waals surface area contributed by atoms with Gasteiger partial charge in [0.15, 0.2) is 5.01 Å². The van der Waals surface area contributed by atoms with Crippen LogP contribution in [0.5, 0.6) is 0 Å². The Morgan fingerprint density at radius 3 is 2.60 bits per heavy atom. The number of nitriles is 1. The molecule has 0 bridgehead atoms. The highest BCUT2D eigenvalue weighted by Crippen LogP contribution is 2.40. The van der Waals surface area contributed by atoms with E-state index in [0.29, 0.717) is 37.2 Å². The number of hydrogen-bond donors (Lipinski definition) is 4. The Kier molecular flexibility index (Phi) is 10.5. The maximum atomic E-state index is 13.3. The molecule has 9 rings (SSSR count). The lowest BCUT2D eigenvalue weighted by molar-refractivity contribution is -0.136. The highest BCUT2D eigenvalue weighted by molar-refractivity contribution is 7.14. The molecule has 306 valence electrons. The van der Waals surface area contributed by atoms with Crippen molar-refractivity contribution in [3.63, 3.8) is 0 Å². The molecular formula is C42H41N11O6S. The molecule has 2 aliphatic heterocycles. The first-order valence-electron chi connectivity index (χ1n) is 20.1. The van der Waals surface area contributed by atoms with Crippen molar-refractivity contribution in [2.24, 2.45) is 5.92 Å². The van der Waals surface area contributed by atoms with Crippen molar-refractivity contribution in [3.05, 3.63) is 76.6 Å². The van der Waals surface area contributed by atoms with Gasteiger partial charge >= 0.3 is 0 Å². The van der Waals surface area contributed by atoms with Crippen molar-refractivity contribution in [3.8, 4) is 28.0 Å². The molecule has 1 aromatic carbocycles. The maximum absolute atomic E-state index is 13.3. The molecule has 2 aliphatic carbocycles. The van der Waals surface area contributed by atoms with Crippen molar-refractivity contribution in [2.75, 3.05) is 30.8 Å². The molecule has 4 N–H and O–H groups in total. The molecule has 5 amide bonds. The van der Waals surface area contributed by atoms with E-state index in [2.05, 4.69) is 42.6 Å². The largest absolute Gasteiger partial charge is 0.387 e. The minimum absolute atomic E-state index is 0.0444. The van der Waals surface area contributed by atoms with Gasteiger partial charge < -0.3 is 20.7 Å². The normalized spacial score (nSPS) is 22.5. The molecule has 4 aliphatic rings. The SMILES string of the molecule is CNc1cc(-c2ccc3cc(C#N)cnn23)ncc1-c1nnc([C@H]2CC[C@H](NC(=O)[C@H]3C[C@@H](OCCNc4cccc5c4C(=O)N(C4CCC(=O)NC4=O)C5=O)C3)CC2)s1. The van der Waals surface area contributed by atoms with Crippen LogP contribution in [0, 0.1) is 17.2 Å². The van der Waals surface area contributed by atoms with Gasteiger partial charge in [0, 0.05) is 55.5 Å². The molecule has 17 nitrogen and oxygen atoms in total.